The molecule has 7 heteroatoms. The molecule has 2 N–H and O–H groups in total. The Hall–Kier alpha value is -3.32. The van der Waals surface area contributed by atoms with Gasteiger partial charge in [-0.1, -0.05) is 18.2 Å². The number of hydrogen-bond acceptors (Lipinski definition) is 5. The first kappa shape index (κ1) is 17.1. The molecule has 1 amide bonds. The lowest BCUT2D eigenvalue weighted by Crippen LogP contribution is -2.22. The highest BCUT2D eigenvalue weighted by molar-refractivity contribution is 6.04. The molecule has 4 rings (SSSR count). The molecule has 0 unspecified atom stereocenters. The minimum absolute atomic E-state index is 0.272. The van der Waals surface area contributed by atoms with Gasteiger partial charge >= 0.3 is 0 Å². The second-order valence-corrected chi connectivity index (χ2v) is 6.34. The molecular weight excluding hydrogens is 340 g/mol. The van der Waals surface area contributed by atoms with Crippen LogP contribution in [0.15, 0.2) is 54.9 Å². The van der Waals surface area contributed by atoms with Crippen LogP contribution in [0.1, 0.15) is 22.6 Å². The van der Waals surface area contributed by atoms with Crippen molar-refractivity contribution in [1.82, 2.24) is 25.1 Å². The van der Waals surface area contributed by atoms with Gasteiger partial charge in [-0.25, -0.2) is 4.98 Å². The molecule has 27 heavy (non-hydrogen) atoms. The van der Waals surface area contributed by atoms with Gasteiger partial charge in [0.15, 0.2) is 0 Å². The lowest BCUT2D eigenvalue weighted by atomic mass is 10.1. The maximum absolute atomic E-state index is 12.8. The molecule has 1 aliphatic rings. The molecule has 3 aromatic rings. The Balaban J connectivity index is 1.59. The van der Waals surface area contributed by atoms with E-state index in [1.54, 1.807) is 23.1 Å². The first-order valence-corrected chi connectivity index (χ1v) is 8.84. The Kier molecular flexibility index (Phi) is 4.76. The third kappa shape index (κ3) is 3.78. The molecule has 1 aliphatic heterocycles. The van der Waals surface area contributed by atoms with E-state index in [-0.39, 0.29) is 5.91 Å². The largest absolute Gasteiger partial charge is 0.317 e. The van der Waals surface area contributed by atoms with Crippen molar-refractivity contribution >= 4 is 17.2 Å². The standard InChI is InChI=1S/C20H20N6O/c1-26-13-18(19(25-26)16-7-2-3-11-22-16)24-20(27)17-9-4-8-15(23-17)14-6-5-10-21-12-14/h2-4,6-9,11,13,21H,5,10,12H2,1H3,(H,24,27). The molecule has 0 bridgehead atoms. The molecule has 0 atom stereocenters. The highest BCUT2D eigenvalue weighted by Crippen LogP contribution is 2.24. The van der Waals surface area contributed by atoms with Gasteiger partial charge < -0.3 is 10.6 Å². The Labute approximate surface area is 157 Å². The summed E-state index contributed by atoms with van der Waals surface area (Å²) in [5.74, 6) is -0.272. The normalized spacial score (nSPS) is 13.9. The Bertz CT molecular complexity index is 993. The summed E-state index contributed by atoms with van der Waals surface area (Å²) in [6.07, 6.45) is 6.60. The van der Waals surface area contributed by atoms with Crippen LogP contribution in [-0.2, 0) is 7.05 Å². The van der Waals surface area contributed by atoms with Gasteiger partial charge in [-0.15, -0.1) is 0 Å². The number of carbonyl (C=O) groups is 1. The van der Waals surface area contributed by atoms with Crippen molar-refractivity contribution in [3.05, 3.63) is 66.3 Å². The summed E-state index contributed by atoms with van der Waals surface area (Å²) >= 11 is 0. The van der Waals surface area contributed by atoms with Crippen molar-refractivity contribution in [2.24, 2.45) is 7.05 Å². The zero-order valence-corrected chi connectivity index (χ0v) is 15.0. The van der Waals surface area contributed by atoms with Crippen molar-refractivity contribution in [3.8, 4) is 11.4 Å². The van der Waals surface area contributed by atoms with Crippen molar-refractivity contribution in [2.45, 2.75) is 6.42 Å². The van der Waals surface area contributed by atoms with Crippen LogP contribution in [0.4, 0.5) is 5.69 Å². The number of pyridine rings is 2. The zero-order chi connectivity index (χ0) is 18.6. The van der Waals surface area contributed by atoms with Crippen LogP contribution in [0.3, 0.4) is 0 Å². The Morgan fingerprint density at radius 2 is 2.07 bits per heavy atom. The summed E-state index contributed by atoms with van der Waals surface area (Å²) in [5.41, 5.74) is 4.24. The molecule has 0 saturated carbocycles. The first-order chi connectivity index (χ1) is 13.2. The molecule has 136 valence electrons. The number of hydrogen-bond donors (Lipinski definition) is 2. The number of aryl methyl sites for hydroxylation is 1. The van der Waals surface area contributed by atoms with Gasteiger partial charge in [0.1, 0.15) is 11.4 Å². The summed E-state index contributed by atoms with van der Waals surface area (Å²) in [5, 5.41) is 10.7. The third-order valence-corrected chi connectivity index (χ3v) is 4.32. The summed E-state index contributed by atoms with van der Waals surface area (Å²) < 4.78 is 1.65. The van der Waals surface area contributed by atoms with Gasteiger partial charge in [0, 0.05) is 26.0 Å². The van der Waals surface area contributed by atoms with Crippen molar-refractivity contribution < 1.29 is 4.79 Å². The van der Waals surface area contributed by atoms with Crippen LogP contribution in [0.2, 0.25) is 0 Å². The molecule has 0 aromatic carbocycles. The van der Waals surface area contributed by atoms with Gasteiger partial charge in [-0.3, -0.25) is 14.5 Å². The van der Waals surface area contributed by atoms with Crippen LogP contribution in [-0.4, -0.2) is 38.7 Å². The minimum atomic E-state index is -0.272. The van der Waals surface area contributed by atoms with Gasteiger partial charge in [-0.05, 0) is 42.8 Å². The predicted octanol–water partition coefficient (Wildman–Crippen LogP) is 2.51. The van der Waals surface area contributed by atoms with E-state index in [4.69, 9.17) is 0 Å². The summed E-state index contributed by atoms with van der Waals surface area (Å²) in [7, 11) is 1.81. The lowest BCUT2D eigenvalue weighted by Gasteiger charge is -2.14. The molecule has 0 radical (unpaired) electrons. The number of carbonyl (C=O) groups excluding carboxylic acids is 1. The Morgan fingerprint density at radius 1 is 1.19 bits per heavy atom. The highest BCUT2D eigenvalue weighted by Gasteiger charge is 2.16. The second kappa shape index (κ2) is 7.51. The van der Waals surface area contributed by atoms with Crippen molar-refractivity contribution in [2.75, 3.05) is 18.4 Å². The monoisotopic (exact) mass is 360 g/mol. The van der Waals surface area contributed by atoms with Gasteiger partial charge in [0.05, 0.1) is 17.1 Å². The number of anilines is 1. The second-order valence-electron chi connectivity index (χ2n) is 6.34. The zero-order valence-electron chi connectivity index (χ0n) is 15.0. The number of rotatable bonds is 4. The van der Waals surface area contributed by atoms with E-state index in [9.17, 15) is 4.79 Å². The van der Waals surface area contributed by atoms with Crippen molar-refractivity contribution in [3.63, 3.8) is 0 Å². The van der Waals surface area contributed by atoms with Gasteiger partial charge in [0.2, 0.25) is 0 Å². The molecular formula is C20H20N6O. The number of nitrogens with one attached hydrogen (secondary N) is 2. The van der Waals surface area contributed by atoms with Crippen LogP contribution in [0.5, 0.6) is 0 Å². The quantitative estimate of drug-likeness (QED) is 0.747. The molecule has 0 aliphatic carbocycles. The molecule has 0 fully saturated rings. The van der Waals surface area contributed by atoms with Crippen LogP contribution in [0, 0.1) is 0 Å². The predicted molar refractivity (Wildman–Crippen MR) is 104 cm³/mol. The maximum Gasteiger partial charge on any atom is 0.274 e. The SMILES string of the molecule is Cn1cc(NC(=O)c2cccc(C3=CCCNC3)n2)c(-c2ccccn2)n1. The van der Waals surface area contributed by atoms with E-state index in [1.165, 1.54) is 0 Å². The third-order valence-electron chi connectivity index (χ3n) is 4.32. The van der Waals surface area contributed by atoms with Crippen LogP contribution in [0.25, 0.3) is 17.0 Å². The number of nitrogens with zero attached hydrogens (tertiary/aromatic N) is 4. The van der Waals surface area contributed by atoms with Gasteiger partial charge in [-0.2, -0.15) is 5.10 Å². The fraction of sp³-hybridized carbons (Fsp3) is 0.200. The number of amides is 1. The summed E-state index contributed by atoms with van der Waals surface area (Å²) in [4.78, 5) is 21.6. The van der Waals surface area contributed by atoms with E-state index in [0.717, 1.165) is 30.8 Å². The van der Waals surface area contributed by atoms with Crippen LogP contribution >= 0.6 is 0 Å². The fourth-order valence-electron chi connectivity index (χ4n) is 3.04. The van der Waals surface area contributed by atoms with E-state index < -0.39 is 0 Å². The minimum Gasteiger partial charge on any atom is -0.317 e. The topological polar surface area (TPSA) is 84.7 Å². The summed E-state index contributed by atoms with van der Waals surface area (Å²) in [6.45, 7) is 1.74. The van der Waals surface area contributed by atoms with Crippen LogP contribution < -0.4 is 10.6 Å². The molecule has 4 heterocycles. The van der Waals surface area contributed by atoms with E-state index >= 15 is 0 Å². The first-order valence-electron chi connectivity index (χ1n) is 8.84. The molecule has 3 aromatic heterocycles. The molecule has 0 saturated heterocycles. The van der Waals surface area contributed by atoms with E-state index in [0.29, 0.717) is 22.8 Å². The van der Waals surface area contributed by atoms with E-state index in [2.05, 4.69) is 31.8 Å². The van der Waals surface area contributed by atoms with Gasteiger partial charge in [0.25, 0.3) is 5.91 Å². The molecule has 0 spiro atoms. The average molecular weight is 360 g/mol. The number of aromatic nitrogens is 4. The fourth-order valence-corrected chi connectivity index (χ4v) is 3.04. The summed E-state index contributed by atoms with van der Waals surface area (Å²) in [6, 6.07) is 11.1. The van der Waals surface area contributed by atoms with Crippen molar-refractivity contribution in [1.29, 1.82) is 0 Å². The average Bonchev–Trinajstić information content (AvgIpc) is 3.09. The maximum atomic E-state index is 12.8. The lowest BCUT2D eigenvalue weighted by molar-refractivity contribution is 0.102. The Morgan fingerprint density at radius 3 is 2.85 bits per heavy atom. The molecule has 7 nitrogen and oxygen atoms in total. The van der Waals surface area contributed by atoms with E-state index in [1.807, 2.05) is 37.4 Å². The smallest absolute Gasteiger partial charge is 0.274 e. The highest BCUT2D eigenvalue weighted by atomic mass is 16.1.